The highest BCUT2D eigenvalue weighted by Crippen LogP contribution is 2.38. The largest absolute Gasteiger partial charge is 0.490 e. The number of nitrogens with zero attached hydrogens (tertiary/aromatic N) is 1. The van der Waals surface area contributed by atoms with Crippen molar-refractivity contribution in [2.24, 2.45) is 4.99 Å². The van der Waals surface area contributed by atoms with Gasteiger partial charge in [-0.2, -0.15) is 0 Å². The predicted molar refractivity (Wildman–Crippen MR) is 99.9 cm³/mol. The summed E-state index contributed by atoms with van der Waals surface area (Å²) in [5.74, 6) is 2.54. The van der Waals surface area contributed by atoms with Crippen LogP contribution in [-0.2, 0) is 6.61 Å². The Bertz CT molecular complexity index is 704. The van der Waals surface area contributed by atoms with Crippen molar-refractivity contribution in [1.82, 2.24) is 0 Å². The molecule has 0 amide bonds. The Balaban J connectivity index is 1.86. The average molecular weight is 392 g/mol. The van der Waals surface area contributed by atoms with E-state index in [2.05, 4.69) is 27.0 Å². The fourth-order valence-corrected chi connectivity index (χ4v) is 3.73. The van der Waals surface area contributed by atoms with Crippen molar-refractivity contribution in [2.75, 3.05) is 18.9 Å². The molecule has 2 aromatic carbocycles. The van der Waals surface area contributed by atoms with E-state index in [-0.39, 0.29) is 0 Å². The van der Waals surface area contributed by atoms with E-state index >= 15 is 0 Å². The Kier molecular flexibility index (Phi) is 5.62. The molecule has 0 fully saturated rings. The van der Waals surface area contributed by atoms with Crippen LogP contribution in [0, 0.1) is 0 Å². The van der Waals surface area contributed by atoms with Gasteiger partial charge in [-0.05, 0) is 40.5 Å². The SMILES string of the molecule is CCOc1cc(C2=NCCS2)cc(Br)c1OCc1ccccc1. The van der Waals surface area contributed by atoms with Crippen LogP contribution in [0.15, 0.2) is 51.9 Å². The summed E-state index contributed by atoms with van der Waals surface area (Å²) in [6.07, 6.45) is 0. The second-order valence-electron chi connectivity index (χ2n) is 5.03. The fraction of sp³-hybridized carbons (Fsp3) is 0.278. The third kappa shape index (κ3) is 4.09. The highest BCUT2D eigenvalue weighted by molar-refractivity contribution is 9.10. The number of benzene rings is 2. The molecule has 1 heterocycles. The lowest BCUT2D eigenvalue weighted by Gasteiger charge is -2.15. The van der Waals surface area contributed by atoms with Crippen molar-refractivity contribution in [3.8, 4) is 11.5 Å². The van der Waals surface area contributed by atoms with Crippen LogP contribution in [0.3, 0.4) is 0 Å². The minimum absolute atomic E-state index is 0.508. The van der Waals surface area contributed by atoms with Gasteiger partial charge in [0, 0.05) is 17.9 Å². The molecule has 120 valence electrons. The molecule has 0 radical (unpaired) electrons. The van der Waals surface area contributed by atoms with E-state index in [1.165, 1.54) is 0 Å². The third-order valence-electron chi connectivity index (χ3n) is 3.37. The first-order valence-corrected chi connectivity index (χ1v) is 9.36. The monoisotopic (exact) mass is 391 g/mol. The van der Waals surface area contributed by atoms with Crippen LogP contribution in [0.1, 0.15) is 18.1 Å². The van der Waals surface area contributed by atoms with E-state index in [1.807, 2.05) is 43.3 Å². The summed E-state index contributed by atoms with van der Waals surface area (Å²) in [7, 11) is 0. The van der Waals surface area contributed by atoms with Crippen LogP contribution in [0.2, 0.25) is 0 Å². The Morgan fingerprint density at radius 3 is 2.70 bits per heavy atom. The Hall–Kier alpha value is -1.46. The molecular formula is C18H18BrNO2S. The summed E-state index contributed by atoms with van der Waals surface area (Å²) in [6, 6.07) is 14.2. The molecule has 0 spiro atoms. The van der Waals surface area contributed by atoms with Gasteiger partial charge in [-0.15, -0.1) is 11.8 Å². The molecule has 0 unspecified atom stereocenters. The molecule has 0 saturated carbocycles. The predicted octanol–water partition coefficient (Wildman–Crippen LogP) is 4.92. The second kappa shape index (κ2) is 7.88. The van der Waals surface area contributed by atoms with E-state index in [1.54, 1.807) is 11.8 Å². The van der Waals surface area contributed by atoms with E-state index in [0.717, 1.165) is 44.4 Å². The van der Waals surface area contributed by atoms with Crippen LogP contribution < -0.4 is 9.47 Å². The molecule has 0 atom stereocenters. The number of halogens is 1. The number of hydrogen-bond acceptors (Lipinski definition) is 4. The lowest BCUT2D eigenvalue weighted by molar-refractivity contribution is 0.267. The summed E-state index contributed by atoms with van der Waals surface area (Å²) in [5.41, 5.74) is 2.21. The molecule has 0 aliphatic carbocycles. The zero-order valence-electron chi connectivity index (χ0n) is 12.9. The Morgan fingerprint density at radius 2 is 2.00 bits per heavy atom. The Morgan fingerprint density at radius 1 is 1.17 bits per heavy atom. The summed E-state index contributed by atoms with van der Waals surface area (Å²) in [5, 5.41) is 1.07. The summed E-state index contributed by atoms with van der Waals surface area (Å²) < 4.78 is 12.7. The molecule has 0 aromatic heterocycles. The van der Waals surface area contributed by atoms with Gasteiger partial charge in [0.25, 0.3) is 0 Å². The highest BCUT2D eigenvalue weighted by atomic mass is 79.9. The van der Waals surface area contributed by atoms with Gasteiger partial charge < -0.3 is 9.47 Å². The van der Waals surface area contributed by atoms with Crippen molar-refractivity contribution in [3.63, 3.8) is 0 Å². The van der Waals surface area contributed by atoms with Gasteiger partial charge in [0.05, 0.1) is 16.1 Å². The lowest BCUT2D eigenvalue weighted by Crippen LogP contribution is -2.02. The first kappa shape index (κ1) is 16.4. The maximum absolute atomic E-state index is 6.01. The Labute approximate surface area is 149 Å². The standard InChI is InChI=1S/C18H18BrNO2S/c1-2-21-16-11-14(18-20-8-9-23-18)10-15(19)17(16)22-12-13-6-4-3-5-7-13/h3-7,10-11H,2,8-9,12H2,1H3. The highest BCUT2D eigenvalue weighted by Gasteiger charge is 2.17. The van der Waals surface area contributed by atoms with E-state index in [4.69, 9.17) is 9.47 Å². The quantitative estimate of drug-likeness (QED) is 0.699. The van der Waals surface area contributed by atoms with Crippen LogP contribution in [-0.4, -0.2) is 23.9 Å². The summed E-state index contributed by atoms with van der Waals surface area (Å²) in [6.45, 7) is 3.96. The molecular weight excluding hydrogens is 374 g/mol. The zero-order chi connectivity index (χ0) is 16.1. The van der Waals surface area contributed by atoms with Crippen molar-refractivity contribution in [1.29, 1.82) is 0 Å². The molecule has 0 bridgehead atoms. The van der Waals surface area contributed by atoms with Crippen LogP contribution in [0.4, 0.5) is 0 Å². The van der Waals surface area contributed by atoms with E-state index in [9.17, 15) is 0 Å². The minimum atomic E-state index is 0.508. The smallest absolute Gasteiger partial charge is 0.175 e. The molecule has 5 heteroatoms. The van der Waals surface area contributed by atoms with Crippen LogP contribution >= 0.6 is 27.7 Å². The van der Waals surface area contributed by atoms with Gasteiger partial charge in [-0.25, -0.2) is 0 Å². The molecule has 1 aliphatic heterocycles. The number of ether oxygens (including phenoxy) is 2. The number of thioether (sulfide) groups is 1. The van der Waals surface area contributed by atoms with Gasteiger partial charge in [0.2, 0.25) is 0 Å². The molecule has 3 nitrogen and oxygen atoms in total. The fourth-order valence-electron chi connectivity index (χ4n) is 2.33. The maximum atomic E-state index is 6.01. The van der Waals surface area contributed by atoms with Gasteiger partial charge in [-0.1, -0.05) is 30.3 Å². The normalized spacial score (nSPS) is 13.7. The van der Waals surface area contributed by atoms with E-state index < -0.39 is 0 Å². The van der Waals surface area contributed by atoms with Crippen molar-refractivity contribution >= 4 is 32.7 Å². The maximum Gasteiger partial charge on any atom is 0.175 e. The van der Waals surface area contributed by atoms with Gasteiger partial charge in [-0.3, -0.25) is 4.99 Å². The molecule has 23 heavy (non-hydrogen) atoms. The van der Waals surface area contributed by atoms with Crippen LogP contribution in [0.5, 0.6) is 11.5 Å². The number of hydrogen-bond donors (Lipinski definition) is 0. The van der Waals surface area contributed by atoms with Gasteiger partial charge >= 0.3 is 0 Å². The first-order chi connectivity index (χ1) is 11.3. The summed E-state index contributed by atoms with van der Waals surface area (Å²) in [4.78, 5) is 4.53. The van der Waals surface area contributed by atoms with Crippen molar-refractivity contribution < 1.29 is 9.47 Å². The number of aliphatic imine (C=N–C) groups is 1. The average Bonchev–Trinajstić information content (AvgIpc) is 3.09. The van der Waals surface area contributed by atoms with Gasteiger partial charge in [0.1, 0.15) is 6.61 Å². The molecule has 1 aliphatic rings. The van der Waals surface area contributed by atoms with Crippen molar-refractivity contribution in [2.45, 2.75) is 13.5 Å². The molecule has 3 rings (SSSR count). The minimum Gasteiger partial charge on any atom is -0.490 e. The van der Waals surface area contributed by atoms with Crippen LogP contribution in [0.25, 0.3) is 0 Å². The molecule has 0 N–H and O–H groups in total. The molecule has 0 saturated heterocycles. The van der Waals surface area contributed by atoms with Gasteiger partial charge in [0.15, 0.2) is 11.5 Å². The zero-order valence-corrected chi connectivity index (χ0v) is 15.3. The second-order valence-corrected chi connectivity index (χ2v) is 6.97. The third-order valence-corrected chi connectivity index (χ3v) is 4.98. The van der Waals surface area contributed by atoms with E-state index in [0.29, 0.717) is 13.2 Å². The summed E-state index contributed by atoms with van der Waals surface area (Å²) >= 11 is 5.40. The molecule has 2 aromatic rings. The number of rotatable bonds is 6. The van der Waals surface area contributed by atoms with Crippen molar-refractivity contribution in [3.05, 3.63) is 58.1 Å². The topological polar surface area (TPSA) is 30.8 Å². The first-order valence-electron chi connectivity index (χ1n) is 7.58. The lowest BCUT2D eigenvalue weighted by atomic mass is 10.2.